The normalized spacial score (nSPS) is 23.4. The average Bonchev–Trinajstić information content (AvgIpc) is 2.46. The minimum atomic E-state index is 0.264. The molecule has 5 nitrogen and oxygen atoms in total. The molecule has 1 aromatic heterocycles. The molecular formula is C16H27N5. The molecule has 1 fully saturated rings. The fraction of sp³-hybridized carbons (Fsp3) is 0.750. The third kappa shape index (κ3) is 3.52. The number of hydrogen-bond acceptors (Lipinski definition) is 5. The lowest BCUT2D eigenvalue weighted by Crippen LogP contribution is -2.44. The molecule has 0 aromatic carbocycles. The van der Waals surface area contributed by atoms with Crippen LogP contribution in [0, 0.1) is 5.92 Å². The van der Waals surface area contributed by atoms with Crippen molar-refractivity contribution in [1.29, 1.82) is 0 Å². The lowest BCUT2D eigenvalue weighted by atomic mass is 10.1. The maximum atomic E-state index is 6.06. The summed E-state index contributed by atoms with van der Waals surface area (Å²) in [7, 11) is 0. The summed E-state index contributed by atoms with van der Waals surface area (Å²) in [6.45, 7) is 9.73. The second-order valence-corrected chi connectivity index (χ2v) is 6.87. The maximum absolute atomic E-state index is 6.06. The van der Waals surface area contributed by atoms with Gasteiger partial charge in [0.05, 0.1) is 5.69 Å². The van der Waals surface area contributed by atoms with Crippen molar-refractivity contribution in [1.82, 2.24) is 14.9 Å². The third-order valence-corrected chi connectivity index (χ3v) is 4.36. The molecule has 3 heterocycles. The first-order valence-electron chi connectivity index (χ1n) is 8.19. The number of aromatic nitrogens is 2. The van der Waals surface area contributed by atoms with Crippen LogP contribution in [0.3, 0.4) is 0 Å². The standard InChI is InChI=1S/C16H27N5/c1-12(2)9-20-7-5-15-13(10-20)8-18-16(19-15)21-6-3-4-14(17)11-21/h8,12,14H,3-7,9-11,17H2,1-2H3. The predicted molar refractivity (Wildman–Crippen MR) is 85.3 cm³/mol. The topological polar surface area (TPSA) is 58.3 Å². The second kappa shape index (κ2) is 6.28. The third-order valence-electron chi connectivity index (χ3n) is 4.36. The van der Waals surface area contributed by atoms with Crippen molar-refractivity contribution in [3.05, 3.63) is 17.5 Å². The molecule has 0 spiro atoms. The van der Waals surface area contributed by atoms with Crippen LogP contribution in [0.2, 0.25) is 0 Å². The van der Waals surface area contributed by atoms with Crippen molar-refractivity contribution in [3.63, 3.8) is 0 Å². The van der Waals surface area contributed by atoms with Crippen LogP contribution >= 0.6 is 0 Å². The highest BCUT2D eigenvalue weighted by molar-refractivity contribution is 5.35. The Labute approximate surface area is 127 Å². The molecule has 5 heteroatoms. The minimum Gasteiger partial charge on any atom is -0.339 e. The highest BCUT2D eigenvalue weighted by Gasteiger charge is 2.22. The number of rotatable bonds is 3. The van der Waals surface area contributed by atoms with E-state index in [2.05, 4.69) is 28.6 Å². The van der Waals surface area contributed by atoms with Gasteiger partial charge < -0.3 is 10.6 Å². The zero-order chi connectivity index (χ0) is 14.8. The summed E-state index contributed by atoms with van der Waals surface area (Å²) in [6.07, 6.45) is 5.33. The van der Waals surface area contributed by atoms with Crippen LogP contribution in [0.15, 0.2) is 6.20 Å². The molecule has 0 aliphatic carbocycles. The summed E-state index contributed by atoms with van der Waals surface area (Å²) < 4.78 is 0. The zero-order valence-electron chi connectivity index (χ0n) is 13.3. The van der Waals surface area contributed by atoms with E-state index in [0.717, 1.165) is 57.9 Å². The first-order chi connectivity index (χ1) is 10.1. The van der Waals surface area contributed by atoms with E-state index in [1.165, 1.54) is 11.3 Å². The van der Waals surface area contributed by atoms with Crippen LogP contribution in [0.25, 0.3) is 0 Å². The summed E-state index contributed by atoms with van der Waals surface area (Å²) in [4.78, 5) is 14.2. The van der Waals surface area contributed by atoms with Gasteiger partial charge in [-0.3, -0.25) is 4.90 Å². The average molecular weight is 289 g/mol. The van der Waals surface area contributed by atoms with Crippen molar-refractivity contribution in [2.45, 2.75) is 45.7 Å². The van der Waals surface area contributed by atoms with E-state index in [1.54, 1.807) is 0 Å². The summed E-state index contributed by atoms with van der Waals surface area (Å²) in [5, 5.41) is 0. The Morgan fingerprint density at radius 3 is 3.00 bits per heavy atom. The van der Waals surface area contributed by atoms with E-state index < -0.39 is 0 Å². The Bertz CT molecular complexity index is 488. The van der Waals surface area contributed by atoms with Gasteiger partial charge in [-0.2, -0.15) is 0 Å². The first kappa shape index (κ1) is 14.7. The monoisotopic (exact) mass is 289 g/mol. The number of anilines is 1. The number of nitrogens with two attached hydrogens (primary N) is 1. The van der Waals surface area contributed by atoms with Gasteiger partial charge in [0.1, 0.15) is 0 Å². The van der Waals surface area contributed by atoms with E-state index in [4.69, 9.17) is 10.7 Å². The molecule has 0 amide bonds. The molecule has 3 rings (SSSR count). The van der Waals surface area contributed by atoms with E-state index in [9.17, 15) is 0 Å². The predicted octanol–water partition coefficient (Wildman–Crippen LogP) is 1.42. The van der Waals surface area contributed by atoms with Crippen LogP contribution in [0.1, 0.15) is 37.9 Å². The van der Waals surface area contributed by atoms with Gasteiger partial charge in [-0.05, 0) is 18.8 Å². The van der Waals surface area contributed by atoms with Gasteiger partial charge in [0, 0.05) is 56.9 Å². The highest BCUT2D eigenvalue weighted by atomic mass is 15.3. The van der Waals surface area contributed by atoms with Gasteiger partial charge in [0.15, 0.2) is 0 Å². The van der Waals surface area contributed by atoms with E-state index in [1.807, 2.05) is 6.20 Å². The van der Waals surface area contributed by atoms with E-state index in [0.29, 0.717) is 5.92 Å². The summed E-state index contributed by atoms with van der Waals surface area (Å²) >= 11 is 0. The molecule has 1 atom stereocenters. The quantitative estimate of drug-likeness (QED) is 0.912. The molecule has 2 aliphatic rings. The summed E-state index contributed by atoms with van der Waals surface area (Å²) in [6, 6.07) is 0.264. The Balaban J connectivity index is 1.71. The molecule has 1 aromatic rings. The molecule has 2 N–H and O–H groups in total. The molecule has 0 bridgehead atoms. The lowest BCUT2D eigenvalue weighted by Gasteiger charge is -2.33. The Morgan fingerprint density at radius 1 is 1.38 bits per heavy atom. The van der Waals surface area contributed by atoms with Crippen molar-refractivity contribution in [2.24, 2.45) is 11.7 Å². The summed E-state index contributed by atoms with van der Waals surface area (Å²) in [5.41, 5.74) is 8.59. The molecule has 0 radical (unpaired) electrons. The molecule has 2 aliphatic heterocycles. The van der Waals surface area contributed by atoms with Gasteiger partial charge in [0.2, 0.25) is 5.95 Å². The van der Waals surface area contributed by atoms with Crippen LogP contribution in [-0.4, -0.2) is 47.1 Å². The molecular weight excluding hydrogens is 262 g/mol. The smallest absolute Gasteiger partial charge is 0.225 e. The van der Waals surface area contributed by atoms with Gasteiger partial charge in [0.25, 0.3) is 0 Å². The van der Waals surface area contributed by atoms with Crippen molar-refractivity contribution >= 4 is 5.95 Å². The van der Waals surface area contributed by atoms with Crippen LogP contribution in [0.4, 0.5) is 5.95 Å². The minimum absolute atomic E-state index is 0.264. The maximum Gasteiger partial charge on any atom is 0.225 e. The Kier molecular flexibility index (Phi) is 4.40. The lowest BCUT2D eigenvalue weighted by molar-refractivity contribution is 0.224. The summed E-state index contributed by atoms with van der Waals surface area (Å²) in [5.74, 6) is 1.59. The van der Waals surface area contributed by atoms with Crippen molar-refractivity contribution in [2.75, 3.05) is 31.1 Å². The van der Waals surface area contributed by atoms with Crippen molar-refractivity contribution < 1.29 is 0 Å². The van der Waals surface area contributed by atoms with Crippen LogP contribution < -0.4 is 10.6 Å². The van der Waals surface area contributed by atoms with Crippen LogP contribution in [-0.2, 0) is 13.0 Å². The largest absolute Gasteiger partial charge is 0.339 e. The number of hydrogen-bond donors (Lipinski definition) is 1. The Morgan fingerprint density at radius 2 is 2.24 bits per heavy atom. The van der Waals surface area contributed by atoms with Gasteiger partial charge in [-0.15, -0.1) is 0 Å². The van der Waals surface area contributed by atoms with Crippen LogP contribution in [0.5, 0.6) is 0 Å². The van der Waals surface area contributed by atoms with Gasteiger partial charge in [-0.1, -0.05) is 13.8 Å². The van der Waals surface area contributed by atoms with E-state index >= 15 is 0 Å². The Hall–Kier alpha value is -1.20. The number of nitrogens with zero attached hydrogens (tertiary/aromatic N) is 4. The molecule has 21 heavy (non-hydrogen) atoms. The zero-order valence-corrected chi connectivity index (χ0v) is 13.3. The first-order valence-corrected chi connectivity index (χ1v) is 8.19. The van der Waals surface area contributed by atoms with E-state index in [-0.39, 0.29) is 6.04 Å². The van der Waals surface area contributed by atoms with Gasteiger partial charge >= 0.3 is 0 Å². The number of fused-ring (bicyclic) bond motifs is 1. The number of piperidine rings is 1. The molecule has 0 saturated carbocycles. The fourth-order valence-electron chi connectivity index (χ4n) is 3.38. The van der Waals surface area contributed by atoms with Gasteiger partial charge in [-0.25, -0.2) is 9.97 Å². The van der Waals surface area contributed by atoms with Crippen molar-refractivity contribution in [3.8, 4) is 0 Å². The molecule has 1 saturated heterocycles. The second-order valence-electron chi connectivity index (χ2n) is 6.87. The molecule has 116 valence electrons. The fourth-order valence-corrected chi connectivity index (χ4v) is 3.38. The molecule has 1 unspecified atom stereocenters. The SMILES string of the molecule is CC(C)CN1CCc2nc(N3CCCC(N)C3)ncc2C1. The highest BCUT2D eigenvalue weighted by Crippen LogP contribution is 2.21.